The summed E-state index contributed by atoms with van der Waals surface area (Å²) >= 11 is 0. The zero-order valence-corrected chi connectivity index (χ0v) is 13.4. The summed E-state index contributed by atoms with van der Waals surface area (Å²) in [4.78, 5) is 0. The van der Waals surface area contributed by atoms with Gasteiger partial charge in [0, 0.05) is 80.9 Å². The Bertz CT molecular complexity index is 34.2. The van der Waals surface area contributed by atoms with Crippen molar-refractivity contribution in [1.82, 2.24) is 0 Å². The van der Waals surface area contributed by atoms with Gasteiger partial charge in [-0.15, -0.1) is 0 Å². The SMILES string of the molecule is CCCCCCCC.[K].[Na]. The van der Waals surface area contributed by atoms with Crippen LogP contribution in [0.2, 0.25) is 0 Å². The summed E-state index contributed by atoms with van der Waals surface area (Å²) in [5.41, 5.74) is 0. The molecule has 52 valence electrons. The quantitative estimate of drug-likeness (QED) is 0.446. The average molecular weight is 176 g/mol. The van der Waals surface area contributed by atoms with Crippen molar-refractivity contribution >= 4 is 80.9 Å². The van der Waals surface area contributed by atoms with E-state index in [4.69, 9.17) is 0 Å². The van der Waals surface area contributed by atoms with Crippen molar-refractivity contribution in [1.29, 1.82) is 0 Å². The van der Waals surface area contributed by atoms with Crippen LogP contribution >= 0.6 is 0 Å². The van der Waals surface area contributed by atoms with Gasteiger partial charge in [0.05, 0.1) is 0 Å². The Hall–Kier alpha value is 2.64. The van der Waals surface area contributed by atoms with Gasteiger partial charge in [-0.05, 0) is 0 Å². The second-order valence-corrected chi connectivity index (χ2v) is 2.41. The predicted molar refractivity (Wildman–Crippen MR) is 50.6 cm³/mol. The third-order valence-electron chi connectivity index (χ3n) is 1.46. The molecule has 0 bridgehead atoms. The standard InChI is InChI=1S/C8H18.K.Na/c1-3-5-7-8-6-4-2;;/h3-8H2,1-2H3;;. The molecule has 0 aliphatic carbocycles. The van der Waals surface area contributed by atoms with Crippen molar-refractivity contribution < 1.29 is 0 Å². The first kappa shape index (κ1) is 18.4. The fourth-order valence-corrected chi connectivity index (χ4v) is 0.854. The normalized spacial score (nSPS) is 7.80. The van der Waals surface area contributed by atoms with E-state index >= 15 is 0 Å². The maximum absolute atomic E-state index is 2.26. The van der Waals surface area contributed by atoms with Crippen molar-refractivity contribution in [3.05, 3.63) is 0 Å². The van der Waals surface area contributed by atoms with Gasteiger partial charge in [0.1, 0.15) is 0 Å². The first-order valence-corrected chi connectivity index (χ1v) is 3.91. The van der Waals surface area contributed by atoms with Gasteiger partial charge in [0.2, 0.25) is 0 Å². The largest absolute Gasteiger partial charge is 0.0654 e. The van der Waals surface area contributed by atoms with Gasteiger partial charge in [-0.1, -0.05) is 52.4 Å². The third-order valence-corrected chi connectivity index (χ3v) is 1.46. The average Bonchev–Trinajstić information content (AvgIpc) is 1.81. The van der Waals surface area contributed by atoms with Crippen LogP contribution in [-0.4, -0.2) is 80.9 Å². The van der Waals surface area contributed by atoms with Crippen LogP contribution in [0.3, 0.4) is 0 Å². The molecule has 2 heteroatoms. The molecule has 0 aliphatic rings. The molecule has 0 saturated carbocycles. The first-order chi connectivity index (χ1) is 3.91. The molecule has 0 fully saturated rings. The molecule has 0 amide bonds. The molecule has 2 radical (unpaired) electrons. The van der Waals surface area contributed by atoms with Crippen molar-refractivity contribution in [2.45, 2.75) is 52.4 Å². The summed E-state index contributed by atoms with van der Waals surface area (Å²) in [6, 6.07) is 0. The summed E-state index contributed by atoms with van der Waals surface area (Å²) in [5, 5.41) is 0. The molecule has 0 aromatic rings. The molecule has 0 aromatic carbocycles. The Morgan fingerprint density at radius 1 is 0.700 bits per heavy atom. The van der Waals surface area contributed by atoms with Gasteiger partial charge >= 0.3 is 0 Å². The number of unbranched alkanes of at least 4 members (excludes halogenated alkanes) is 5. The second kappa shape index (κ2) is 17.6. The smallest absolute Gasteiger partial charge is 0 e. The summed E-state index contributed by atoms with van der Waals surface area (Å²) in [6.07, 6.45) is 8.49. The van der Waals surface area contributed by atoms with Gasteiger partial charge in [-0.3, -0.25) is 0 Å². The monoisotopic (exact) mass is 176 g/mol. The van der Waals surface area contributed by atoms with E-state index in [9.17, 15) is 0 Å². The van der Waals surface area contributed by atoms with Gasteiger partial charge in [0.25, 0.3) is 0 Å². The summed E-state index contributed by atoms with van der Waals surface area (Å²) in [6.45, 7) is 4.51. The third kappa shape index (κ3) is 16.9. The Morgan fingerprint density at radius 2 is 1.00 bits per heavy atom. The number of hydrogen-bond donors (Lipinski definition) is 0. The molecular formula is C8H18KNa. The van der Waals surface area contributed by atoms with Gasteiger partial charge in [-0.25, -0.2) is 0 Å². The molecule has 0 atom stereocenters. The number of hydrogen-bond acceptors (Lipinski definition) is 0. The van der Waals surface area contributed by atoms with Crippen molar-refractivity contribution in [3.8, 4) is 0 Å². The Kier molecular flexibility index (Phi) is 32.5. The maximum atomic E-state index is 2.26. The number of rotatable bonds is 5. The Balaban J connectivity index is -0.000000245. The molecule has 0 nitrogen and oxygen atoms in total. The molecule has 0 spiro atoms. The molecule has 0 N–H and O–H groups in total. The van der Waals surface area contributed by atoms with Gasteiger partial charge < -0.3 is 0 Å². The first-order valence-electron chi connectivity index (χ1n) is 3.91. The van der Waals surface area contributed by atoms with E-state index in [0.717, 1.165) is 0 Å². The van der Waals surface area contributed by atoms with E-state index in [1.165, 1.54) is 38.5 Å². The van der Waals surface area contributed by atoms with Crippen molar-refractivity contribution in [2.24, 2.45) is 0 Å². The van der Waals surface area contributed by atoms with Crippen LogP contribution < -0.4 is 0 Å². The molecular weight excluding hydrogens is 158 g/mol. The molecule has 0 aliphatic heterocycles. The van der Waals surface area contributed by atoms with E-state index < -0.39 is 0 Å². The van der Waals surface area contributed by atoms with Crippen LogP contribution in [0.4, 0.5) is 0 Å². The molecule has 0 rings (SSSR count). The molecule has 10 heavy (non-hydrogen) atoms. The van der Waals surface area contributed by atoms with Gasteiger partial charge in [-0.2, -0.15) is 0 Å². The Labute approximate surface area is 131 Å². The van der Waals surface area contributed by atoms with Crippen LogP contribution in [0.25, 0.3) is 0 Å². The summed E-state index contributed by atoms with van der Waals surface area (Å²) < 4.78 is 0. The van der Waals surface area contributed by atoms with Crippen LogP contribution in [0.1, 0.15) is 52.4 Å². The topological polar surface area (TPSA) is 0 Å². The summed E-state index contributed by atoms with van der Waals surface area (Å²) in [7, 11) is 0. The second-order valence-electron chi connectivity index (χ2n) is 2.41. The molecule has 0 unspecified atom stereocenters. The van der Waals surface area contributed by atoms with Crippen LogP contribution in [-0.2, 0) is 0 Å². The van der Waals surface area contributed by atoms with Crippen molar-refractivity contribution in [2.75, 3.05) is 0 Å². The van der Waals surface area contributed by atoms with Gasteiger partial charge in [0.15, 0.2) is 0 Å². The van der Waals surface area contributed by atoms with Crippen LogP contribution in [0.15, 0.2) is 0 Å². The van der Waals surface area contributed by atoms with E-state index in [0.29, 0.717) is 0 Å². The minimum absolute atomic E-state index is 0. The fourth-order valence-electron chi connectivity index (χ4n) is 0.854. The minimum Gasteiger partial charge on any atom is -0.0654 e. The molecule has 0 saturated heterocycles. The zero-order valence-electron chi connectivity index (χ0n) is 8.24. The van der Waals surface area contributed by atoms with E-state index in [1.807, 2.05) is 0 Å². The van der Waals surface area contributed by atoms with E-state index in [1.54, 1.807) is 0 Å². The zero-order chi connectivity index (χ0) is 6.24. The molecule has 0 aromatic heterocycles. The van der Waals surface area contributed by atoms with Crippen molar-refractivity contribution in [3.63, 3.8) is 0 Å². The maximum Gasteiger partial charge on any atom is 0 e. The minimum atomic E-state index is 0. The van der Waals surface area contributed by atoms with E-state index in [2.05, 4.69) is 13.8 Å². The van der Waals surface area contributed by atoms with Crippen LogP contribution in [0, 0.1) is 0 Å². The fraction of sp³-hybridized carbons (Fsp3) is 1.00. The van der Waals surface area contributed by atoms with E-state index in [-0.39, 0.29) is 80.9 Å². The Morgan fingerprint density at radius 3 is 1.20 bits per heavy atom. The van der Waals surface area contributed by atoms with Crippen LogP contribution in [0.5, 0.6) is 0 Å². The predicted octanol–water partition coefficient (Wildman–Crippen LogP) is 2.61. The summed E-state index contributed by atoms with van der Waals surface area (Å²) in [5.74, 6) is 0. The molecule has 0 heterocycles.